The Bertz CT molecular complexity index is 1270. The van der Waals surface area contributed by atoms with Crippen LogP contribution in [-0.4, -0.2) is 49.9 Å². The van der Waals surface area contributed by atoms with Gasteiger partial charge in [0.15, 0.2) is 23.0 Å². The van der Waals surface area contributed by atoms with Crippen LogP contribution in [0.25, 0.3) is 0 Å². The summed E-state index contributed by atoms with van der Waals surface area (Å²) >= 11 is 0. The molecule has 2 aromatic rings. The van der Waals surface area contributed by atoms with Crippen LogP contribution in [0.5, 0.6) is 23.0 Å². The van der Waals surface area contributed by atoms with Crippen molar-refractivity contribution in [3.05, 3.63) is 59.7 Å². The average Bonchev–Trinajstić information content (AvgIpc) is 3.64. The average molecular weight is 533 g/mol. The first-order valence-corrected chi connectivity index (χ1v) is 14.0. The van der Waals surface area contributed by atoms with Crippen LogP contribution in [0.4, 0.5) is 0 Å². The molecule has 8 heteroatoms. The fourth-order valence-corrected chi connectivity index (χ4v) is 6.21. The lowest BCUT2D eigenvalue weighted by Crippen LogP contribution is -2.47. The molecule has 2 aromatic carbocycles. The van der Waals surface area contributed by atoms with E-state index in [0.29, 0.717) is 35.5 Å². The molecule has 1 saturated heterocycles. The fraction of sp³-hybridized carbons (Fsp3) is 0.484. The number of hydrogen-bond acceptors (Lipinski definition) is 6. The molecule has 0 spiro atoms. The van der Waals surface area contributed by atoms with Crippen molar-refractivity contribution in [1.29, 1.82) is 0 Å². The number of amides is 2. The van der Waals surface area contributed by atoms with Crippen molar-refractivity contribution in [1.82, 2.24) is 10.2 Å². The number of fused-ring (bicyclic) bond motifs is 2. The van der Waals surface area contributed by atoms with Crippen molar-refractivity contribution >= 4 is 11.8 Å². The lowest BCUT2D eigenvalue weighted by molar-refractivity contribution is -0.137. The van der Waals surface area contributed by atoms with Crippen molar-refractivity contribution in [3.63, 3.8) is 0 Å². The molecule has 4 atom stereocenters. The number of rotatable bonds is 6. The quantitative estimate of drug-likeness (QED) is 0.548. The second kappa shape index (κ2) is 10.8. The number of benzene rings is 2. The van der Waals surface area contributed by atoms with Gasteiger partial charge in [-0.2, -0.15) is 0 Å². The van der Waals surface area contributed by atoms with E-state index < -0.39 is 11.8 Å². The van der Waals surface area contributed by atoms with Gasteiger partial charge in [0.1, 0.15) is 0 Å². The van der Waals surface area contributed by atoms with Crippen molar-refractivity contribution in [2.45, 2.75) is 44.9 Å². The van der Waals surface area contributed by atoms with E-state index in [0.717, 1.165) is 43.5 Å². The van der Waals surface area contributed by atoms with E-state index in [1.54, 1.807) is 0 Å². The summed E-state index contributed by atoms with van der Waals surface area (Å²) < 4.78 is 22.5. The van der Waals surface area contributed by atoms with E-state index in [4.69, 9.17) is 18.9 Å². The summed E-state index contributed by atoms with van der Waals surface area (Å²) in [7, 11) is 0. The molecular weight excluding hydrogens is 496 g/mol. The van der Waals surface area contributed by atoms with E-state index in [-0.39, 0.29) is 37.2 Å². The Morgan fingerprint density at radius 3 is 2.13 bits per heavy atom. The summed E-state index contributed by atoms with van der Waals surface area (Å²) in [6.07, 6.45) is 7.23. The van der Waals surface area contributed by atoms with Crippen LogP contribution >= 0.6 is 0 Å². The molecule has 3 aliphatic heterocycles. The molecule has 8 nitrogen and oxygen atoms in total. The number of allylic oxidation sites excluding steroid dienone is 1. The Morgan fingerprint density at radius 1 is 0.846 bits per heavy atom. The van der Waals surface area contributed by atoms with E-state index in [9.17, 15) is 9.59 Å². The minimum Gasteiger partial charge on any atom is -0.454 e. The number of likely N-dealkylation sites (tertiary alicyclic amines) is 1. The first-order valence-electron chi connectivity index (χ1n) is 14.0. The van der Waals surface area contributed by atoms with Gasteiger partial charge in [-0.05, 0) is 60.6 Å². The molecule has 3 heterocycles. The van der Waals surface area contributed by atoms with Crippen LogP contribution in [0.3, 0.4) is 0 Å². The highest BCUT2D eigenvalue weighted by molar-refractivity contribution is 5.87. The van der Waals surface area contributed by atoms with Crippen LogP contribution in [-0.2, 0) is 9.59 Å². The van der Waals surface area contributed by atoms with Crippen molar-refractivity contribution in [3.8, 4) is 23.0 Å². The minimum absolute atomic E-state index is 0.0603. The highest BCUT2D eigenvalue weighted by Crippen LogP contribution is 2.49. The third-order valence-electron chi connectivity index (χ3n) is 8.19. The van der Waals surface area contributed by atoms with Crippen molar-refractivity contribution < 1.29 is 28.5 Å². The van der Waals surface area contributed by atoms with E-state index in [1.165, 1.54) is 0 Å². The van der Waals surface area contributed by atoms with Crippen LogP contribution in [0, 0.1) is 17.8 Å². The van der Waals surface area contributed by atoms with Crippen LogP contribution in [0.2, 0.25) is 0 Å². The Balaban J connectivity index is 1.45. The zero-order valence-corrected chi connectivity index (χ0v) is 22.6. The van der Waals surface area contributed by atoms with Crippen molar-refractivity contribution in [2.75, 3.05) is 33.2 Å². The number of hydrogen-bond donors (Lipinski definition) is 1. The lowest BCUT2D eigenvalue weighted by atomic mass is 9.65. The molecule has 6 rings (SSSR count). The summed E-state index contributed by atoms with van der Waals surface area (Å²) in [5.41, 5.74) is 1.85. The van der Waals surface area contributed by atoms with Gasteiger partial charge >= 0.3 is 0 Å². The first-order chi connectivity index (χ1) is 19.0. The molecule has 206 valence electrons. The Hall–Kier alpha value is -3.68. The fourth-order valence-electron chi connectivity index (χ4n) is 6.21. The summed E-state index contributed by atoms with van der Waals surface area (Å²) in [5.74, 6) is 1.38. The van der Waals surface area contributed by atoms with Gasteiger partial charge in [-0.25, -0.2) is 0 Å². The second-order valence-corrected chi connectivity index (χ2v) is 11.2. The summed E-state index contributed by atoms with van der Waals surface area (Å²) in [6.45, 7) is 6.58. The summed E-state index contributed by atoms with van der Waals surface area (Å²) in [6, 6.07) is 11.7. The molecule has 4 aliphatic rings. The smallest absolute Gasteiger partial charge is 0.231 e. The minimum atomic E-state index is -0.520. The number of nitrogens with one attached hydrogen (secondary N) is 1. The largest absolute Gasteiger partial charge is 0.454 e. The maximum Gasteiger partial charge on any atom is 0.231 e. The standard InChI is InChI=1S/C31H36N2O6/c1-19(2)16-32-30(34)29-22(20-6-10-24-26(14-20)38-17-36-24)8-9-23(31(35)33-12-4-3-5-13-33)28(29)21-7-11-25-27(15-21)39-18-37-25/h6-11,14-15,19,22-23,28-29H,3-5,12-13,16-18H2,1-2H3,(H,32,34). The zero-order chi connectivity index (χ0) is 26.9. The predicted molar refractivity (Wildman–Crippen MR) is 145 cm³/mol. The molecule has 4 unspecified atom stereocenters. The van der Waals surface area contributed by atoms with Gasteiger partial charge in [0.2, 0.25) is 25.4 Å². The third-order valence-corrected chi connectivity index (χ3v) is 8.19. The van der Waals surface area contributed by atoms with E-state index in [2.05, 4.69) is 19.2 Å². The van der Waals surface area contributed by atoms with Crippen LogP contribution in [0.15, 0.2) is 48.6 Å². The van der Waals surface area contributed by atoms with Gasteiger partial charge in [-0.1, -0.05) is 38.1 Å². The number of nitrogens with zero attached hydrogens (tertiary/aromatic N) is 1. The highest BCUT2D eigenvalue weighted by atomic mass is 16.7. The lowest BCUT2D eigenvalue weighted by Gasteiger charge is -2.41. The summed E-state index contributed by atoms with van der Waals surface area (Å²) in [4.78, 5) is 30.1. The summed E-state index contributed by atoms with van der Waals surface area (Å²) in [5, 5.41) is 3.19. The maximum absolute atomic E-state index is 14.1. The van der Waals surface area contributed by atoms with Gasteiger partial charge in [-0.15, -0.1) is 0 Å². The number of piperidine rings is 1. The number of carbonyl (C=O) groups excluding carboxylic acids is 2. The monoisotopic (exact) mass is 532 g/mol. The normalized spacial score (nSPS) is 25.2. The zero-order valence-electron chi connectivity index (χ0n) is 22.6. The van der Waals surface area contributed by atoms with Gasteiger partial charge in [0, 0.05) is 31.5 Å². The Morgan fingerprint density at radius 2 is 1.46 bits per heavy atom. The van der Waals surface area contributed by atoms with Gasteiger partial charge < -0.3 is 29.2 Å². The molecular formula is C31H36N2O6. The maximum atomic E-state index is 14.1. The van der Waals surface area contributed by atoms with Gasteiger partial charge in [0.05, 0.1) is 11.8 Å². The van der Waals surface area contributed by atoms with E-state index in [1.807, 2.05) is 53.5 Å². The molecule has 2 amide bonds. The van der Waals surface area contributed by atoms with Crippen LogP contribution in [0.1, 0.15) is 56.1 Å². The number of ether oxygens (including phenoxy) is 4. The van der Waals surface area contributed by atoms with Gasteiger partial charge in [0.25, 0.3) is 0 Å². The van der Waals surface area contributed by atoms with E-state index >= 15 is 0 Å². The second-order valence-electron chi connectivity index (χ2n) is 11.2. The topological polar surface area (TPSA) is 86.3 Å². The van der Waals surface area contributed by atoms with Crippen LogP contribution < -0.4 is 24.3 Å². The Kier molecular flexibility index (Phi) is 7.11. The molecule has 1 aliphatic carbocycles. The molecule has 0 bridgehead atoms. The van der Waals surface area contributed by atoms with Crippen molar-refractivity contribution in [2.24, 2.45) is 17.8 Å². The molecule has 0 aromatic heterocycles. The first kappa shape index (κ1) is 25.6. The highest BCUT2D eigenvalue weighted by Gasteiger charge is 2.46. The molecule has 0 radical (unpaired) electrons. The molecule has 0 saturated carbocycles. The molecule has 1 fully saturated rings. The predicted octanol–water partition coefficient (Wildman–Crippen LogP) is 4.60. The molecule has 39 heavy (non-hydrogen) atoms. The SMILES string of the molecule is CC(C)CNC(=O)C1C(c2ccc3c(c2)OCO3)C=CC(C(=O)N2CCCCC2)C1c1ccc2c(c1)OCO2. The third kappa shape index (κ3) is 5.04. The van der Waals surface area contributed by atoms with Gasteiger partial charge in [-0.3, -0.25) is 9.59 Å². The Labute approximate surface area is 229 Å². The molecule has 1 N–H and O–H groups in total. The number of carbonyl (C=O) groups is 2.